The highest BCUT2D eigenvalue weighted by Crippen LogP contribution is 2.20. The highest BCUT2D eigenvalue weighted by molar-refractivity contribution is 5.76. The molecule has 1 amide bonds. The molecular weight excluding hydrogens is 252 g/mol. The maximum atomic E-state index is 12.0. The van der Waals surface area contributed by atoms with Gasteiger partial charge in [-0.05, 0) is 24.7 Å². The minimum absolute atomic E-state index is 0.0517. The Morgan fingerprint density at radius 2 is 2.42 bits per heavy atom. The van der Waals surface area contributed by atoms with E-state index in [2.05, 4.69) is 5.10 Å². The van der Waals surface area contributed by atoms with Crippen molar-refractivity contribution in [3.8, 4) is 0 Å². The molecule has 1 aliphatic heterocycles. The van der Waals surface area contributed by atoms with Gasteiger partial charge in [0.2, 0.25) is 5.91 Å². The van der Waals surface area contributed by atoms with E-state index in [0.29, 0.717) is 13.0 Å². The Balaban J connectivity index is 1.98. The zero-order chi connectivity index (χ0) is 14.0. The van der Waals surface area contributed by atoms with Gasteiger partial charge >= 0.3 is 5.82 Å². The smallest absolute Gasteiger partial charge is 0.388 e. The largest absolute Gasteiger partial charge is 0.389 e. The van der Waals surface area contributed by atoms with Crippen LogP contribution in [-0.2, 0) is 11.3 Å². The molecule has 2 rings (SSSR count). The summed E-state index contributed by atoms with van der Waals surface area (Å²) in [5, 5.41) is 24.1. The Bertz CT molecular complexity index is 497. The summed E-state index contributed by atoms with van der Waals surface area (Å²) in [5.41, 5.74) is -0.857. The topological polar surface area (TPSA) is 102 Å². The van der Waals surface area contributed by atoms with Crippen LogP contribution < -0.4 is 0 Å². The highest BCUT2D eigenvalue weighted by atomic mass is 16.6. The second kappa shape index (κ2) is 4.96. The molecule has 0 aliphatic carbocycles. The molecule has 1 atom stereocenters. The summed E-state index contributed by atoms with van der Waals surface area (Å²) in [7, 11) is 0. The van der Waals surface area contributed by atoms with Gasteiger partial charge in [0.15, 0.2) is 0 Å². The van der Waals surface area contributed by atoms with E-state index >= 15 is 0 Å². The van der Waals surface area contributed by atoms with Crippen LogP contribution in [0.4, 0.5) is 5.82 Å². The number of nitrogens with zero attached hydrogens (tertiary/aromatic N) is 4. The van der Waals surface area contributed by atoms with Crippen LogP contribution in [0.25, 0.3) is 0 Å². The quantitative estimate of drug-likeness (QED) is 0.621. The molecule has 8 heteroatoms. The standard InChI is InChI=1S/C11H16N4O4/c1-11(17)4-2-5-13(8-11)10(16)7-14-6-3-9(12-14)15(18)19/h3,6,17H,2,4-5,7-8H2,1H3. The molecule has 2 heterocycles. The minimum atomic E-state index is -0.857. The number of aromatic nitrogens is 2. The molecule has 1 fully saturated rings. The number of likely N-dealkylation sites (tertiary alicyclic amines) is 1. The minimum Gasteiger partial charge on any atom is -0.388 e. The van der Waals surface area contributed by atoms with Crippen molar-refractivity contribution in [1.29, 1.82) is 0 Å². The first-order chi connectivity index (χ1) is 8.87. The van der Waals surface area contributed by atoms with Gasteiger partial charge in [-0.15, -0.1) is 0 Å². The van der Waals surface area contributed by atoms with Crippen LogP contribution in [0.15, 0.2) is 12.3 Å². The van der Waals surface area contributed by atoms with Crippen molar-refractivity contribution in [3.63, 3.8) is 0 Å². The summed E-state index contributed by atoms with van der Waals surface area (Å²) in [6, 6.07) is 1.25. The normalized spacial score (nSPS) is 23.4. The average molecular weight is 268 g/mol. The molecule has 0 bridgehead atoms. The summed E-state index contributed by atoms with van der Waals surface area (Å²) in [4.78, 5) is 23.5. The maximum Gasteiger partial charge on any atom is 0.389 e. The number of β-amino-alcohol motifs (C(OH)–C–C–N with tert-alkyl or cyclic N) is 1. The van der Waals surface area contributed by atoms with Gasteiger partial charge in [0.25, 0.3) is 0 Å². The molecule has 0 spiro atoms. The van der Waals surface area contributed by atoms with Gasteiger partial charge in [0.05, 0.1) is 23.0 Å². The lowest BCUT2D eigenvalue weighted by molar-refractivity contribution is -0.389. The second-order valence-corrected chi connectivity index (χ2v) is 5.04. The molecule has 1 N–H and O–H groups in total. The monoisotopic (exact) mass is 268 g/mol. The van der Waals surface area contributed by atoms with Crippen molar-refractivity contribution in [1.82, 2.24) is 14.7 Å². The van der Waals surface area contributed by atoms with E-state index in [1.54, 1.807) is 11.8 Å². The SMILES string of the molecule is CC1(O)CCCN(C(=O)Cn2ccc([N+](=O)[O-])n2)C1. The summed E-state index contributed by atoms with van der Waals surface area (Å²) in [6.45, 7) is 2.53. The van der Waals surface area contributed by atoms with Crippen molar-refractivity contribution < 1.29 is 14.8 Å². The molecule has 0 saturated carbocycles. The molecule has 1 unspecified atom stereocenters. The van der Waals surface area contributed by atoms with Crippen molar-refractivity contribution in [2.75, 3.05) is 13.1 Å². The van der Waals surface area contributed by atoms with Gasteiger partial charge in [-0.3, -0.25) is 4.79 Å². The molecule has 8 nitrogen and oxygen atoms in total. The third-order valence-electron chi connectivity index (χ3n) is 3.14. The van der Waals surface area contributed by atoms with Gasteiger partial charge in [-0.2, -0.15) is 4.68 Å². The molecule has 1 aromatic heterocycles. The van der Waals surface area contributed by atoms with E-state index < -0.39 is 10.5 Å². The number of carbonyl (C=O) groups is 1. The Morgan fingerprint density at radius 1 is 1.68 bits per heavy atom. The molecule has 0 aromatic carbocycles. The predicted molar refractivity (Wildman–Crippen MR) is 65.3 cm³/mol. The van der Waals surface area contributed by atoms with E-state index in [-0.39, 0.29) is 24.8 Å². The average Bonchev–Trinajstić information content (AvgIpc) is 2.76. The summed E-state index contributed by atoms with van der Waals surface area (Å²) in [6.07, 6.45) is 2.82. The second-order valence-electron chi connectivity index (χ2n) is 5.04. The zero-order valence-electron chi connectivity index (χ0n) is 10.7. The molecule has 1 aromatic rings. The predicted octanol–water partition coefficient (Wildman–Crippen LogP) is 0.165. The first-order valence-corrected chi connectivity index (χ1v) is 6.05. The zero-order valence-corrected chi connectivity index (χ0v) is 10.7. The van der Waals surface area contributed by atoms with Gasteiger partial charge in [-0.25, -0.2) is 0 Å². The fourth-order valence-electron chi connectivity index (χ4n) is 2.21. The van der Waals surface area contributed by atoms with E-state index in [1.165, 1.54) is 16.9 Å². The lowest BCUT2D eigenvalue weighted by Gasteiger charge is -2.36. The molecular formula is C11H16N4O4. The summed E-state index contributed by atoms with van der Waals surface area (Å²) < 4.78 is 1.24. The fourth-order valence-corrected chi connectivity index (χ4v) is 2.21. The lowest BCUT2D eigenvalue weighted by atomic mass is 9.95. The van der Waals surface area contributed by atoms with Crippen LogP contribution in [0.1, 0.15) is 19.8 Å². The van der Waals surface area contributed by atoms with Gasteiger partial charge < -0.3 is 20.1 Å². The van der Waals surface area contributed by atoms with Gasteiger partial charge in [0, 0.05) is 13.1 Å². The number of amides is 1. The molecule has 19 heavy (non-hydrogen) atoms. The highest BCUT2D eigenvalue weighted by Gasteiger charge is 2.31. The third-order valence-corrected chi connectivity index (χ3v) is 3.14. The summed E-state index contributed by atoms with van der Waals surface area (Å²) in [5.74, 6) is -0.476. The first-order valence-electron chi connectivity index (χ1n) is 6.05. The molecule has 104 valence electrons. The van der Waals surface area contributed by atoms with Crippen LogP contribution in [0.3, 0.4) is 0 Å². The lowest BCUT2D eigenvalue weighted by Crippen LogP contribution is -2.49. The van der Waals surface area contributed by atoms with Crippen molar-refractivity contribution >= 4 is 11.7 Å². The van der Waals surface area contributed by atoms with Crippen LogP contribution in [0.2, 0.25) is 0 Å². The Labute approximate surface area is 109 Å². The van der Waals surface area contributed by atoms with Gasteiger partial charge in [0.1, 0.15) is 6.54 Å². The van der Waals surface area contributed by atoms with Crippen LogP contribution in [0.5, 0.6) is 0 Å². The number of rotatable bonds is 3. The molecule has 1 aliphatic rings. The molecule has 1 saturated heterocycles. The van der Waals surface area contributed by atoms with E-state index in [9.17, 15) is 20.0 Å². The number of piperidine rings is 1. The van der Waals surface area contributed by atoms with E-state index in [0.717, 1.165) is 6.42 Å². The van der Waals surface area contributed by atoms with Gasteiger partial charge in [-0.1, -0.05) is 0 Å². The number of carbonyl (C=O) groups excluding carboxylic acids is 1. The van der Waals surface area contributed by atoms with Crippen LogP contribution in [-0.4, -0.2) is 49.3 Å². The fraction of sp³-hybridized carbons (Fsp3) is 0.636. The number of hydrogen-bond donors (Lipinski definition) is 1. The Hall–Kier alpha value is -1.96. The number of aliphatic hydroxyl groups is 1. The third kappa shape index (κ3) is 3.28. The number of nitro groups is 1. The number of hydrogen-bond acceptors (Lipinski definition) is 5. The Morgan fingerprint density at radius 3 is 3.00 bits per heavy atom. The summed E-state index contributed by atoms with van der Waals surface area (Å²) >= 11 is 0. The molecule has 0 radical (unpaired) electrons. The first kappa shape index (κ1) is 13.5. The van der Waals surface area contributed by atoms with Crippen molar-refractivity contribution in [3.05, 3.63) is 22.4 Å². The van der Waals surface area contributed by atoms with Crippen LogP contribution in [0, 0.1) is 10.1 Å². The van der Waals surface area contributed by atoms with E-state index in [4.69, 9.17) is 0 Å². The van der Waals surface area contributed by atoms with Crippen molar-refractivity contribution in [2.24, 2.45) is 0 Å². The maximum absolute atomic E-state index is 12.0. The van der Waals surface area contributed by atoms with Crippen LogP contribution >= 0.6 is 0 Å². The van der Waals surface area contributed by atoms with E-state index in [1.807, 2.05) is 0 Å². The van der Waals surface area contributed by atoms with Crippen molar-refractivity contribution in [2.45, 2.75) is 31.9 Å². The Kier molecular flexibility index (Phi) is 3.52.